The molecule has 0 amide bonds. The predicted molar refractivity (Wildman–Crippen MR) is 229 cm³/mol. The fraction of sp³-hybridized carbons (Fsp3) is 0.417. The van der Waals surface area contributed by atoms with E-state index in [9.17, 15) is 9.59 Å². The average Bonchev–Trinajstić information content (AvgIpc) is 3.27. The molecule has 0 N–H and O–H groups in total. The summed E-state index contributed by atoms with van der Waals surface area (Å²) in [4.78, 5) is 25.6. The van der Waals surface area contributed by atoms with Crippen molar-refractivity contribution in [1.82, 2.24) is 0 Å². The van der Waals surface area contributed by atoms with Crippen molar-refractivity contribution in [2.24, 2.45) is 0 Å². The number of esters is 1. The number of methoxy groups -OCH3 is 4. The van der Waals surface area contributed by atoms with Crippen LogP contribution in [0, 0.1) is 0 Å². The standard InChI is InChI=1S/C29H40O6.C19H18O6/c1-4-5-6-7-8-9-10-11-12-26-25-18-17-24(34-21-32-3)19-27(25)35-29(30)28(26)22-13-15-23(16-14-22)33-20-31-2;1-21-11-23-15-6-3-13(4-7-15)17-9-14-5-8-16(24-12-22-2)10-18(14)25-19(17)20/h13-19,26,28H,4-12,20-21H2,1-3H3;3-10H,11-12H2,1-2H3/t26-,28-;/m1./s1. The smallest absolute Gasteiger partial charge is 0.344 e. The van der Waals surface area contributed by atoms with E-state index in [1.54, 1.807) is 77.0 Å². The molecule has 2 heterocycles. The van der Waals surface area contributed by atoms with Gasteiger partial charge in [-0.15, -0.1) is 0 Å². The summed E-state index contributed by atoms with van der Waals surface area (Å²) in [5, 5.41) is 0.805. The van der Waals surface area contributed by atoms with E-state index in [4.69, 9.17) is 47.0 Å². The summed E-state index contributed by atoms with van der Waals surface area (Å²) >= 11 is 0. The number of carbonyl (C=O) groups excluding carboxylic acids is 1. The minimum absolute atomic E-state index is 0.0496. The maximum atomic E-state index is 13.2. The maximum absolute atomic E-state index is 13.2. The van der Waals surface area contributed by atoms with Crippen molar-refractivity contribution >= 4 is 16.9 Å². The van der Waals surface area contributed by atoms with Crippen LogP contribution in [0.25, 0.3) is 22.1 Å². The van der Waals surface area contributed by atoms with Crippen LogP contribution in [0.1, 0.15) is 87.7 Å². The van der Waals surface area contributed by atoms with E-state index >= 15 is 0 Å². The molecule has 1 aliphatic heterocycles. The van der Waals surface area contributed by atoms with Crippen molar-refractivity contribution in [2.75, 3.05) is 55.6 Å². The van der Waals surface area contributed by atoms with Gasteiger partial charge in [-0.05, 0) is 71.6 Å². The lowest BCUT2D eigenvalue weighted by atomic mass is 9.76. The lowest BCUT2D eigenvalue weighted by molar-refractivity contribution is -0.138. The molecule has 0 bridgehead atoms. The molecule has 0 radical (unpaired) electrons. The second-order valence-electron chi connectivity index (χ2n) is 14.4. The SMILES string of the molecule is CCCCCCCCCC[C@@H]1c2ccc(OCOC)cc2OC(=O)[C@@H]1c1ccc(OCOC)cc1.COCOc1ccc(-c2cc3ccc(OCOC)cc3oc2=O)cc1. The highest BCUT2D eigenvalue weighted by Gasteiger charge is 2.38. The Balaban J connectivity index is 0.000000240. The second-order valence-corrected chi connectivity index (χ2v) is 14.4. The molecule has 0 saturated carbocycles. The topological polar surface area (TPSA) is 130 Å². The van der Waals surface area contributed by atoms with Crippen molar-refractivity contribution in [3.63, 3.8) is 0 Å². The Morgan fingerprint density at radius 2 is 1.07 bits per heavy atom. The Morgan fingerprint density at radius 3 is 1.67 bits per heavy atom. The monoisotopic (exact) mass is 826 g/mol. The van der Waals surface area contributed by atoms with Crippen LogP contribution in [-0.4, -0.2) is 61.6 Å². The van der Waals surface area contributed by atoms with Gasteiger partial charge >= 0.3 is 11.6 Å². The van der Waals surface area contributed by atoms with Gasteiger partial charge in [0.25, 0.3) is 0 Å². The zero-order valence-corrected chi connectivity index (χ0v) is 35.4. The van der Waals surface area contributed by atoms with Gasteiger partial charge in [0.05, 0.1) is 11.5 Å². The van der Waals surface area contributed by atoms with Gasteiger partial charge in [-0.2, -0.15) is 0 Å². The predicted octanol–water partition coefficient (Wildman–Crippen LogP) is 10.4. The minimum atomic E-state index is -0.415. The van der Waals surface area contributed by atoms with E-state index in [1.807, 2.05) is 42.5 Å². The number of hydrogen-bond donors (Lipinski definition) is 0. The van der Waals surface area contributed by atoms with Crippen molar-refractivity contribution in [3.05, 3.63) is 113 Å². The fourth-order valence-electron chi connectivity index (χ4n) is 7.10. The molecule has 12 heteroatoms. The Bertz CT molecular complexity index is 2090. The molecule has 0 aliphatic carbocycles. The first-order chi connectivity index (χ1) is 29.4. The first-order valence-electron chi connectivity index (χ1n) is 20.5. The molecular weight excluding hydrogens is 769 g/mol. The maximum Gasteiger partial charge on any atom is 0.344 e. The van der Waals surface area contributed by atoms with Gasteiger partial charge in [0.2, 0.25) is 0 Å². The van der Waals surface area contributed by atoms with Gasteiger partial charge in [-0.1, -0.05) is 88.6 Å². The molecule has 2 atom stereocenters. The van der Waals surface area contributed by atoms with E-state index in [-0.39, 0.29) is 45.0 Å². The van der Waals surface area contributed by atoms with Crippen molar-refractivity contribution in [1.29, 1.82) is 0 Å². The highest BCUT2D eigenvalue weighted by atomic mass is 16.7. The van der Waals surface area contributed by atoms with Crippen LogP contribution in [0.15, 0.2) is 100 Å². The summed E-state index contributed by atoms with van der Waals surface area (Å²) in [5.41, 5.74) is 3.28. The largest absolute Gasteiger partial charge is 0.468 e. The summed E-state index contributed by atoms with van der Waals surface area (Å²) in [7, 11) is 6.26. The quantitative estimate of drug-likeness (QED) is 0.0204. The first kappa shape index (κ1) is 45.7. The Morgan fingerprint density at radius 1 is 0.550 bits per heavy atom. The van der Waals surface area contributed by atoms with Gasteiger partial charge < -0.3 is 47.0 Å². The number of carbonyl (C=O) groups is 1. The minimum Gasteiger partial charge on any atom is -0.468 e. The molecule has 0 unspecified atom stereocenters. The highest BCUT2D eigenvalue weighted by Crippen LogP contribution is 2.47. The molecule has 6 rings (SSSR count). The lowest BCUT2D eigenvalue weighted by Crippen LogP contribution is -2.30. The number of fused-ring (bicyclic) bond motifs is 2. The van der Waals surface area contributed by atoms with Crippen molar-refractivity contribution in [3.8, 4) is 39.9 Å². The molecule has 12 nitrogen and oxygen atoms in total. The zero-order valence-electron chi connectivity index (χ0n) is 35.4. The van der Waals surface area contributed by atoms with Gasteiger partial charge in [-0.3, -0.25) is 4.79 Å². The molecule has 1 aromatic heterocycles. The third-order valence-electron chi connectivity index (χ3n) is 10.1. The zero-order chi connectivity index (χ0) is 42.5. The lowest BCUT2D eigenvalue weighted by Gasteiger charge is -2.32. The van der Waals surface area contributed by atoms with Gasteiger partial charge in [0.15, 0.2) is 27.2 Å². The highest BCUT2D eigenvalue weighted by molar-refractivity contribution is 5.85. The van der Waals surface area contributed by atoms with Crippen LogP contribution in [-0.2, 0) is 23.7 Å². The van der Waals surface area contributed by atoms with E-state index < -0.39 is 5.63 Å². The summed E-state index contributed by atoms with van der Waals surface area (Å²) in [5.74, 6) is 2.63. The van der Waals surface area contributed by atoms with Crippen LogP contribution >= 0.6 is 0 Å². The van der Waals surface area contributed by atoms with Gasteiger partial charge in [-0.25, -0.2) is 4.79 Å². The normalized spacial score (nSPS) is 14.4. The molecule has 0 saturated heterocycles. The van der Waals surface area contributed by atoms with Crippen LogP contribution in [0.2, 0.25) is 0 Å². The van der Waals surface area contributed by atoms with E-state index in [1.165, 1.54) is 44.9 Å². The van der Waals surface area contributed by atoms with Crippen LogP contribution in [0.5, 0.6) is 28.7 Å². The Kier molecular flexibility index (Phi) is 18.7. The average molecular weight is 827 g/mol. The van der Waals surface area contributed by atoms with Crippen LogP contribution in [0.3, 0.4) is 0 Å². The molecule has 322 valence electrons. The number of rotatable bonds is 23. The summed E-state index contributed by atoms with van der Waals surface area (Å²) in [6.07, 6.45) is 11.0. The first-order valence-corrected chi connectivity index (χ1v) is 20.5. The summed E-state index contributed by atoms with van der Waals surface area (Å²) in [6, 6.07) is 27.7. The molecule has 4 aromatic carbocycles. The number of benzene rings is 4. The third kappa shape index (κ3) is 13.3. The van der Waals surface area contributed by atoms with E-state index in [0.29, 0.717) is 39.9 Å². The number of hydrogen-bond acceptors (Lipinski definition) is 12. The van der Waals surface area contributed by atoms with E-state index in [0.717, 1.165) is 34.9 Å². The van der Waals surface area contributed by atoms with Crippen molar-refractivity contribution in [2.45, 2.75) is 76.5 Å². The summed E-state index contributed by atoms with van der Waals surface area (Å²) in [6.45, 7) is 2.88. The molecule has 1 aliphatic rings. The number of unbranched alkanes of at least 4 members (excludes halogenated alkanes) is 7. The van der Waals surface area contributed by atoms with Crippen molar-refractivity contribution < 1.29 is 51.8 Å². The van der Waals surface area contributed by atoms with Gasteiger partial charge in [0.1, 0.15) is 34.3 Å². The molecular formula is C48H58O12. The summed E-state index contributed by atoms with van der Waals surface area (Å²) < 4.78 is 52.7. The molecule has 0 spiro atoms. The second kappa shape index (κ2) is 24.6. The molecule has 60 heavy (non-hydrogen) atoms. The van der Waals surface area contributed by atoms with E-state index in [2.05, 4.69) is 6.92 Å². The molecule has 0 fully saturated rings. The van der Waals surface area contributed by atoms with Crippen LogP contribution in [0.4, 0.5) is 0 Å². The Hall–Kier alpha value is -5.40. The Labute approximate surface area is 352 Å². The van der Waals surface area contributed by atoms with Gasteiger partial charge in [0, 0.05) is 51.9 Å². The number of ether oxygens (including phenoxy) is 9. The van der Waals surface area contributed by atoms with Crippen LogP contribution < -0.4 is 29.3 Å². The molecule has 5 aromatic rings. The third-order valence-corrected chi connectivity index (χ3v) is 10.1. The fourth-order valence-corrected chi connectivity index (χ4v) is 7.10.